The summed E-state index contributed by atoms with van der Waals surface area (Å²) in [6.45, 7) is 0. The molecule has 1 aromatic carbocycles. The molecule has 0 aliphatic rings. The Morgan fingerprint density at radius 3 is 2.13 bits per heavy atom. The van der Waals surface area contributed by atoms with Crippen LogP contribution in [0, 0.1) is 11.6 Å². The van der Waals surface area contributed by atoms with Gasteiger partial charge < -0.3 is 5.11 Å². The lowest BCUT2D eigenvalue weighted by Gasteiger charge is -2.04. The third kappa shape index (κ3) is 2.85. The van der Waals surface area contributed by atoms with Crippen molar-refractivity contribution in [3.8, 4) is 0 Å². The summed E-state index contributed by atoms with van der Waals surface area (Å²) in [7, 11) is 0. The molecule has 0 radical (unpaired) electrons. The molecule has 0 unspecified atom stereocenters. The molecule has 0 bridgehead atoms. The first-order chi connectivity index (χ1) is 6.93. The standard InChI is InChI=1S/C9H4Br2F2O2/c10-8-4(1-2-7(14)15)9(11)6(13)3-5(8)12/h1-3H,(H,14,15)/b2-1+. The van der Waals surface area contributed by atoms with Gasteiger partial charge in [0.2, 0.25) is 0 Å². The quantitative estimate of drug-likeness (QED) is 0.659. The number of halogens is 4. The molecule has 80 valence electrons. The van der Waals surface area contributed by atoms with Gasteiger partial charge in [0.05, 0.1) is 8.95 Å². The summed E-state index contributed by atoms with van der Waals surface area (Å²) >= 11 is 5.80. The van der Waals surface area contributed by atoms with Crippen molar-refractivity contribution in [1.82, 2.24) is 0 Å². The van der Waals surface area contributed by atoms with Crippen molar-refractivity contribution < 1.29 is 18.7 Å². The van der Waals surface area contributed by atoms with Gasteiger partial charge in [-0.05, 0) is 37.9 Å². The number of rotatable bonds is 2. The lowest BCUT2D eigenvalue weighted by molar-refractivity contribution is -0.131. The van der Waals surface area contributed by atoms with Gasteiger partial charge >= 0.3 is 5.97 Å². The summed E-state index contributed by atoms with van der Waals surface area (Å²) in [5, 5.41) is 8.39. The first kappa shape index (κ1) is 12.3. The van der Waals surface area contributed by atoms with Crippen molar-refractivity contribution in [3.63, 3.8) is 0 Å². The van der Waals surface area contributed by atoms with Crippen molar-refractivity contribution in [3.05, 3.63) is 38.3 Å². The van der Waals surface area contributed by atoms with E-state index in [1.807, 2.05) is 0 Å². The molecule has 0 aliphatic heterocycles. The van der Waals surface area contributed by atoms with E-state index in [2.05, 4.69) is 31.9 Å². The normalized spacial score (nSPS) is 10.9. The van der Waals surface area contributed by atoms with E-state index in [9.17, 15) is 13.6 Å². The number of benzene rings is 1. The number of hydrogen-bond acceptors (Lipinski definition) is 1. The van der Waals surface area contributed by atoms with Crippen LogP contribution < -0.4 is 0 Å². The van der Waals surface area contributed by atoms with Crippen LogP contribution in [0.2, 0.25) is 0 Å². The zero-order chi connectivity index (χ0) is 11.6. The molecule has 0 heterocycles. The van der Waals surface area contributed by atoms with Crippen LogP contribution in [0.15, 0.2) is 21.1 Å². The van der Waals surface area contributed by atoms with Crippen molar-refractivity contribution in [2.24, 2.45) is 0 Å². The largest absolute Gasteiger partial charge is 0.478 e. The number of carboxylic acid groups (broad SMARTS) is 1. The molecule has 1 rings (SSSR count). The van der Waals surface area contributed by atoms with Crippen molar-refractivity contribution in [2.75, 3.05) is 0 Å². The predicted octanol–water partition coefficient (Wildman–Crippen LogP) is 3.59. The second-order valence-electron chi connectivity index (χ2n) is 2.55. The molecular weight excluding hydrogens is 338 g/mol. The molecule has 0 fully saturated rings. The highest BCUT2D eigenvalue weighted by Gasteiger charge is 2.13. The summed E-state index contributed by atoms with van der Waals surface area (Å²) in [5.41, 5.74) is 0.106. The van der Waals surface area contributed by atoms with E-state index in [1.165, 1.54) is 0 Å². The molecule has 2 nitrogen and oxygen atoms in total. The fourth-order valence-electron chi connectivity index (χ4n) is 0.893. The van der Waals surface area contributed by atoms with Crippen molar-refractivity contribution in [1.29, 1.82) is 0 Å². The molecule has 0 atom stereocenters. The van der Waals surface area contributed by atoms with E-state index in [-0.39, 0.29) is 14.5 Å². The van der Waals surface area contributed by atoms with Gasteiger partial charge in [0, 0.05) is 17.7 Å². The smallest absolute Gasteiger partial charge is 0.328 e. The molecule has 0 aliphatic carbocycles. The lowest BCUT2D eigenvalue weighted by Crippen LogP contribution is -1.92. The Labute approximate surface area is 101 Å². The zero-order valence-corrected chi connectivity index (χ0v) is 10.3. The van der Waals surface area contributed by atoms with Crippen LogP contribution in [0.5, 0.6) is 0 Å². The maximum absolute atomic E-state index is 13.1. The number of hydrogen-bond donors (Lipinski definition) is 1. The molecule has 0 amide bonds. The Bertz CT molecular complexity index is 418. The third-order valence-electron chi connectivity index (χ3n) is 1.54. The lowest BCUT2D eigenvalue weighted by atomic mass is 10.2. The Morgan fingerprint density at radius 2 is 1.73 bits per heavy atom. The van der Waals surface area contributed by atoms with Crippen LogP contribution in [0.1, 0.15) is 5.56 Å². The summed E-state index contributed by atoms with van der Waals surface area (Å²) < 4.78 is 26.1. The number of aliphatic carboxylic acids is 1. The Balaban J connectivity index is 3.33. The number of carboxylic acids is 1. The average molecular weight is 342 g/mol. The average Bonchev–Trinajstić information content (AvgIpc) is 2.14. The van der Waals surface area contributed by atoms with Gasteiger partial charge in [-0.15, -0.1) is 0 Å². The second kappa shape index (κ2) is 4.85. The molecule has 6 heteroatoms. The molecule has 1 N–H and O–H groups in total. The fourth-order valence-corrected chi connectivity index (χ4v) is 2.05. The zero-order valence-electron chi connectivity index (χ0n) is 7.10. The minimum absolute atomic E-state index is 0.00766. The highest BCUT2D eigenvalue weighted by Crippen LogP contribution is 2.31. The topological polar surface area (TPSA) is 37.3 Å². The van der Waals surface area contributed by atoms with Crippen molar-refractivity contribution >= 4 is 43.9 Å². The van der Waals surface area contributed by atoms with Gasteiger partial charge in [-0.3, -0.25) is 0 Å². The molecule has 0 aromatic heterocycles. The minimum atomic E-state index is -1.20. The fraction of sp³-hybridized carbons (Fsp3) is 0. The Kier molecular flexibility index (Phi) is 3.98. The Hall–Kier alpha value is -0.750. The van der Waals surface area contributed by atoms with E-state index >= 15 is 0 Å². The first-order valence-electron chi connectivity index (χ1n) is 3.67. The molecule has 0 saturated heterocycles. The second-order valence-corrected chi connectivity index (χ2v) is 4.14. The van der Waals surface area contributed by atoms with Gasteiger partial charge in [-0.1, -0.05) is 0 Å². The van der Waals surface area contributed by atoms with Crippen LogP contribution in [0.25, 0.3) is 6.08 Å². The van der Waals surface area contributed by atoms with Crippen LogP contribution in [0.4, 0.5) is 8.78 Å². The van der Waals surface area contributed by atoms with E-state index in [0.29, 0.717) is 6.07 Å². The summed E-state index contributed by atoms with van der Waals surface area (Å²) in [6, 6.07) is 0.701. The van der Waals surface area contributed by atoms with Crippen LogP contribution in [-0.4, -0.2) is 11.1 Å². The van der Waals surface area contributed by atoms with E-state index < -0.39 is 17.6 Å². The summed E-state index contributed by atoms with van der Waals surface area (Å²) in [6.07, 6.45) is 1.90. The molecule has 0 spiro atoms. The SMILES string of the molecule is O=C(O)/C=C/c1c(Br)c(F)cc(F)c1Br. The molecular formula is C9H4Br2F2O2. The minimum Gasteiger partial charge on any atom is -0.478 e. The van der Waals surface area contributed by atoms with E-state index in [1.54, 1.807) is 0 Å². The molecule has 1 aromatic rings. The summed E-state index contributed by atoms with van der Waals surface area (Å²) in [5.74, 6) is -2.78. The maximum atomic E-state index is 13.1. The van der Waals surface area contributed by atoms with Crippen LogP contribution in [0.3, 0.4) is 0 Å². The predicted molar refractivity (Wildman–Crippen MR) is 58.4 cm³/mol. The highest BCUT2D eigenvalue weighted by atomic mass is 79.9. The van der Waals surface area contributed by atoms with Gasteiger partial charge in [0.15, 0.2) is 0 Å². The van der Waals surface area contributed by atoms with E-state index in [0.717, 1.165) is 12.2 Å². The summed E-state index contributed by atoms with van der Waals surface area (Å²) in [4.78, 5) is 10.3. The Morgan fingerprint density at radius 1 is 1.27 bits per heavy atom. The molecule has 0 saturated carbocycles. The number of carbonyl (C=O) groups is 1. The van der Waals surface area contributed by atoms with Gasteiger partial charge in [-0.25, -0.2) is 13.6 Å². The van der Waals surface area contributed by atoms with Gasteiger partial charge in [0.1, 0.15) is 11.6 Å². The third-order valence-corrected chi connectivity index (χ3v) is 3.15. The maximum Gasteiger partial charge on any atom is 0.328 e. The van der Waals surface area contributed by atoms with Crippen LogP contribution in [-0.2, 0) is 4.79 Å². The van der Waals surface area contributed by atoms with Crippen molar-refractivity contribution in [2.45, 2.75) is 0 Å². The first-order valence-corrected chi connectivity index (χ1v) is 5.26. The monoisotopic (exact) mass is 340 g/mol. The van der Waals surface area contributed by atoms with Gasteiger partial charge in [-0.2, -0.15) is 0 Å². The molecule has 15 heavy (non-hydrogen) atoms. The van der Waals surface area contributed by atoms with Crippen LogP contribution >= 0.6 is 31.9 Å². The van der Waals surface area contributed by atoms with E-state index in [4.69, 9.17) is 5.11 Å². The highest BCUT2D eigenvalue weighted by molar-refractivity contribution is 9.11. The van der Waals surface area contributed by atoms with Gasteiger partial charge in [0.25, 0.3) is 0 Å².